The Morgan fingerprint density at radius 1 is 1.13 bits per heavy atom. The average Bonchev–Trinajstić information content (AvgIpc) is 2.47. The number of rotatable bonds is 8. The molecule has 0 aromatic heterocycles. The SMILES string of the molecule is CCOC(=O)C(CC(OOC(C)(C)C)c1ccccc1)C(C)=O. The van der Waals surface area contributed by atoms with Gasteiger partial charge in [0.2, 0.25) is 0 Å². The second kappa shape index (κ2) is 8.79. The number of Topliss-reactive ketones (excluding diaryl/α,β-unsaturated/α-hetero) is 1. The van der Waals surface area contributed by atoms with Crippen molar-refractivity contribution < 1.29 is 24.1 Å². The van der Waals surface area contributed by atoms with E-state index in [2.05, 4.69) is 0 Å². The predicted molar refractivity (Wildman–Crippen MR) is 86.5 cm³/mol. The smallest absolute Gasteiger partial charge is 0.316 e. The fourth-order valence-corrected chi connectivity index (χ4v) is 1.99. The lowest BCUT2D eigenvalue weighted by Crippen LogP contribution is -2.28. The molecule has 0 aliphatic carbocycles. The summed E-state index contributed by atoms with van der Waals surface area (Å²) in [5.74, 6) is -1.65. The lowest BCUT2D eigenvalue weighted by atomic mass is 9.94. The molecule has 0 bridgehead atoms. The van der Waals surface area contributed by atoms with Gasteiger partial charge in [-0.15, -0.1) is 0 Å². The van der Waals surface area contributed by atoms with E-state index >= 15 is 0 Å². The van der Waals surface area contributed by atoms with Crippen molar-refractivity contribution in [3.63, 3.8) is 0 Å². The summed E-state index contributed by atoms with van der Waals surface area (Å²) < 4.78 is 4.99. The summed E-state index contributed by atoms with van der Waals surface area (Å²) in [6, 6.07) is 9.38. The van der Waals surface area contributed by atoms with E-state index in [1.54, 1.807) is 6.92 Å². The molecule has 2 unspecified atom stereocenters. The maximum Gasteiger partial charge on any atom is 0.316 e. The van der Waals surface area contributed by atoms with Gasteiger partial charge in [-0.2, -0.15) is 0 Å². The number of hydrogen-bond acceptors (Lipinski definition) is 5. The first-order valence-electron chi connectivity index (χ1n) is 7.81. The Bertz CT molecular complexity index is 504. The van der Waals surface area contributed by atoms with Crippen LogP contribution in [0.5, 0.6) is 0 Å². The molecule has 1 rings (SSSR count). The molecule has 0 aliphatic heterocycles. The maximum atomic E-state index is 12.0. The normalized spacial score (nSPS) is 14.1. The molecule has 0 radical (unpaired) electrons. The summed E-state index contributed by atoms with van der Waals surface area (Å²) in [6.45, 7) is 8.92. The minimum Gasteiger partial charge on any atom is -0.465 e. The molecule has 2 atom stereocenters. The molecule has 0 saturated heterocycles. The van der Waals surface area contributed by atoms with E-state index in [0.717, 1.165) is 5.56 Å². The number of hydrogen-bond donors (Lipinski definition) is 0. The summed E-state index contributed by atoms with van der Waals surface area (Å²) in [5, 5.41) is 0. The van der Waals surface area contributed by atoms with Crippen LogP contribution < -0.4 is 0 Å². The topological polar surface area (TPSA) is 61.8 Å². The van der Waals surface area contributed by atoms with Crippen LogP contribution in [0, 0.1) is 5.92 Å². The number of carbonyl (C=O) groups excluding carboxylic acids is 2. The molecular weight excluding hydrogens is 296 g/mol. The number of ether oxygens (including phenoxy) is 1. The minimum atomic E-state index is -0.872. The van der Waals surface area contributed by atoms with Gasteiger partial charge in [-0.1, -0.05) is 30.3 Å². The van der Waals surface area contributed by atoms with Gasteiger partial charge >= 0.3 is 5.97 Å². The van der Waals surface area contributed by atoms with Crippen molar-refractivity contribution in [2.75, 3.05) is 6.61 Å². The van der Waals surface area contributed by atoms with Gasteiger partial charge in [0, 0.05) is 6.42 Å². The van der Waals surface area contributed by atoms with E-state index in [9.17, 15) is 9.59 Å². The third kappa shape index (κ3) is 6.93. The van der Waals surface area contributed by atoms with Gasteiger partial charge in [0.15, 0.2) is 0 Å². The van der Waals surface area contributed by atoms with Gasteiger partial charge in [-0.25, -0.2) is 9.78 Å². The molecule has 128 valence electrons. The molecule has 0 N–H and O–H groups in total. The zero-order chi connectivity index (χ0) is 17.5. The van der Waals surface area contributed by atoms with Crippen LogP contribution in [0.25, 0.3) is 0 Å². The van der Waals surface area contributed by atoms with Gasteiger partial charge in [0.05, 0.1) is 12.2 Å². The highest BCUT2D eigenvalue weighted by atomic mass is 17.2. The standard InChI is InChI=1S/C18H26O5/c1-6-21-17(20)15(13(2)19)12-16(22-23-18(3,4)5)14-10-8-7-9-11-14/h7-11,15-16H,6,12H2,1-5H3. The highest BCUT2D eigenvalue weighted by Crippen LogP contribution is 2.28. The second-order valence-electron chi connectivity index (χ2n) is 6.34. The summed E-state index contributed by atoms with van der Waals surface area (Å²) >= 11 is 0. The molecule has 0 heterocycles. The van der Waals surface area contributed by atoms with Crippen molar-refractivity contribution in [3.8, 4) is 0 Å². The van der Waals surface area contributed by atoms with E-state index in [4.69, 9.17) is 14.5 Å². The first kappa shape index (κ1) is 19.3. The third-order valence-electron chi connectivity index (χ3n) is 3.10. The van der Waals surface area contributed by atoms with Gasteiger partial charge in [-0.05, 0) is 40.2 Å². The summed E-state index contributed by atoms with van der Waals surface area (Å²) in [4.78, 5) is 34.8. The van der Waals surface area contributed by atoms with Crippen LogP contribution in [-0.2, 0) is 24.1 Å². The van der Waals surface area contributed by atoms with Crippen LogP contribution in [0.3, 0.4) is 0 Å². The monoisotopic (exact) mass is 322 g/mol. The van der Waals surface area contributed by atoms with Crippen molar-refractivity contribution in [1.82, 2.24) is 0 Å². The van der Waals surface area contributed by atoms with Crippen molar-refractivity contribution in [2.45, 2.75) is 52.7 Å². The number of benzene rings is 1. The van der Waals surface area contributed by atoms with Gasteiger partial charge in [-0.3, -0.25) is 9.59 Å². The Kier molecular flexibility index (Phi) is 7.39. The van der Waals surface area contributed by atoms with Crippen LogP contribution in [0.2, 0.25) is 0 Å². The molecule has 0 aliphatic rings. The number of ketones is 1. The minimum absolute atomic E-state index is 0.175. The summed E-state index contributed by atoms with van der Waals surface area (Å²) in [7, 11) is 0. The first-order chi connectivity index (χ1) is 10.7. The highest BCUT2D eigenvalue weighted by Gasteiger charge is 2.31. The fourth-order valence-electron chi connectivity index (χ4n) is 1.99. The lowest BCUT2D eigenvalue weighted by Gasteiger charge is -2.25. The van der Waals surface area contributed by atoms with Crippen LogP contribution in [0.1, 0.15) is 52.7 Å². The molecule has 0 saturated carbocycles. The van der Waals surface area contributed by atoms with Crippen LogP contribution in [-0.4, -0.2) is 24.0 Å². The van der Waals surface area contributed by atoms with E-state index in [0.29, 0.717) is 0 Å². The van der Waals surface area contributed by atoms with Gasteiger partial charge < -0.3 is 4.74 Å². The first-order valence-corrected chi connectivity index (χ1v) is 7.81. The Morgan fingerprint density at radius 2 is 1.74 bits per heavy atom. The van der Waals surface area contributed by atoms with Crippen molar-refractivity contribution in [3.05, 3.63) is 35.9 Å². The Hall–Kier alpha value is -1.72. The predicted octanol–water partition coefficient (Wildman–Crippen LogP) is 3.63. The van der Waals surface area contributed by atoms with Crippen molar-refractivity contribution in [1.29, 1.82) is 0 Å². The Labute approximate surface area is 137 Å². The van der Waals surface area contributed by atoms with E-state index < -0.39 is 23.6 Å². The van der Waals surface area contributed by atoms with Crippen molar-refractivity contribution in [2.24, 2.45) is 5.92 Å². The number of esters is 1. The van der Waals surface area contributed by atoms with E-state index in [1.165, 1.54) is 6.92 Å². The average molecular weight is 322 g/mol. The largest absolute Gasteiger partial charge is 0.465 e. The quantitative estimate of drug-likeness (QED) is 0.316. The second-order valence-corrected chi connectivity index (χ2v) is 6.34. The molecule has 23 heavy (non-hydrogen) atoms. The van der Waals surface area contributed by atoms with Crippen LogP contribution >= 0.6 is 0 Å². The Morgan fingerprint density at radius 3 is 2.22 bits per heavy atom. The maximum absolute atomic E-state index is 12.0. The van der Waals surface area contributed by atoms with Crippen LogP contribution in [0.15, 0.2) is 30.3 Å². The van der Waals surface area contributed by atoms with E-state index in [1.807, 2.05) is 51.1 Å². The van der Waals surface area contributed by atoms with Crippen LogP contribution in [0.4, 0.5) is 0 Å². The molecule has 5 nitrogen and oxygen atoms in total. The highest BCUT2D eigenvalue weighted by molar-refractivity contribution is 5.97. The Balaban J connectivity index is 2.94. The zero-order valence-corrected chi connectivity index (χ0v) is 14.5. The molecule has 1 aromatic carbocycles. The summed E-state index contributed by atoms with van der Waals surface area (Å²) in [6.07, 6.45) is -0.359. The fraction of sp³-hybridized carbons (Fsp3) is 0.556. The third-order valence-corrected chi connectivity index (χ3v) is 3.10. The number of carbonyl (C=O) groups is 2. The molecular formula is C18H26O5. The molecule has 0 amide bonds. The molecule has 0 spiro atoms. The summed E-state index contributed by atoms with van der Waals surface area (Å²) in [5.41, 5.74) is 0.343. The zero-order valence-electron chi connectivity index (χ0n) is 14.5. The van der Waals surface area contributed by atoms with E-state index in [-0.39, 0.29) is 18.8 Å². The molecule has 0 fully saturated rings. The van der Waals surface area contributed by atoms with Gasteiger partial charge in [0.1, 0.15) is 17.8 Å². The van der Waals surface area contributed by atoms with Crippen molar-refractivity contribution >= 4 is 11.8 Å². The lowest BCUT2D eigenvalue weighted by molar-refractivity contribution is -0.377. The molecule has 1 aromatic rings. The van der Waals surface area contributed by atoms with Gasteiger partial charge in [0.25, 0.3) is 0 Å². The molecule has 5 heteroatoms.